The van der Waals surface area contributed by atoms with E-state index in [1.54, 1.807) is 4.90 Å². The standard InChI is InChI=1S/C18H25F3N4O3/c1-3-24(4-2)15(10-22)17(27)23-14-6-5-12(9-13(14)18(19,20)21)25-7-8-28-11-16(25)26/h5-6,9,15H,3-4,7-8,10-11,22H2,1-2H3,(H,23,27)/t15-/m1/s1. The molecule has 1 saturated heterocycles. The lowest BCUT2D eigenvalue weighted by Crippen LogP contribution is -2.48. The molecular weight excluding hydrogens is 377 g/mol. The van der Waals surface area contributed by atoms with Crippen molar-refractivity contribution >= 4 is 23.2 Å². The van der Waals surface area contributed by atoms with Crippen LogP contribution in [0.4, 0.5) is 24.5 Å². The van der Waals surface area contributed by atoms with E-state index in [4.69, 9.17) is 10.5 Å². The molecule has 3 N–H and O–H groups in total. The van der Waals surface area contributed by atoms with Gasteiger partial charge in [0.15, 0.2) is 0 Å². The van der Waals surface area contributed by atoms with Crippen LogP contribution < -0.4 is 16.0 Å². The topological polar surface area (TPSA) is 87.9 Å². The van der Waals surface area contributed by atoms with Gasteiger partial charge in [-0.2, -0.15) is 13.2 Å². The van der Waals surface area contributed by atoms with Gasteiger partial charge in [0, 0.05) is 18.8 Å². The first-order chi connectivity index (χ1) is 13.2. The molecule has 10 heteroatoms. The lowest BCUT2D eigenvalue weighted by atomic mass is 10.1. The van der Waals surface area contributed by atoms with E-state index in [1.165, 1.54) is 11.0 Å². The summed E-state index contributed by atoms with van der Waals surface area (Å²) in [7, 11) is 0. The van der Waals surface area contributed by atoms with Crippen LogP contribution in [0.15, 0.2) is 18.2 Å². The average molecular weight is 402 g/mol. The number of ether oxygens (including phenoxy) is 1. The molecule has 0 saturated carbocycles. The van der Waals surface area contributed by atoms with Crippen LogP contribution in [0.1, 0.15) is 19.4 Å². The van der Waals surface area contributed by atoms with Crippen molar-refractivity contribution in [2.24, 2.45) is 5.73 Å². The number of rotatable bonds is 7. The number of likely N-dealkylation sites (N-methyl/N-ethyl adjacent to an activating group) is 1. The number of nitrogens with two attached hydrogens (primary N) is 1. The van der Waals surface area contributed by atoms with Gasteiger partial charge in [-0.1, -0.05) is 13.8 Å². The van der Waals surface area contributed by atoms with Gasteiger partial charge in [-0.15, -0.1) is 0 Å². The van der Waals surface area contributed by atoms with Crippen molar-refractivity contribution in [1.82, 2.24) is 4.90 Å². The predicted molar refractivity (Wildman–Crippen MR) is 99.0 cm³/mol. The van der Waals surface area contributed by atoms with Crippen molar-refractivity contribution in [2.75, 3.05) is 49.6 Å². The lowest BCUT2D eigenvalue weighted by molar-refractivity contribution is -0.137. The van der Waals surface area contributed by atoms with Crippen LogP contribution in [0.5, 0.6) is 0 Å². The van der Waals surface area contributed by atoms with Crippen LogP contribution in [-0.2, 0) is 20.5 Å². The molecule has 1 heterocycles. The predicted octanol–water partition coefficient (Wildman–Crippen LogP) is 1.68. The minimum Gasteiger partial charge on any atom is -0.370 e. The third-order valence-electron chi connectivity index (χ3n) is 4.64. The van der Waals surface area contributed by atoms with E-state index in [2.05, 4.69) is 5.32 Å². The van der Waals surface area contributed by atoms with Crippen LogP contribution in [0.3, 0.4) is 0 Å². The number of carbonyl (C=O) groups is 2. The number of hydrogen-bond donors (Lipinski definition) is 2. The summed E-state index contributed by atoms with van der Waals surface area (Å²) in [4.78, 5) is 27.5. The van der Waals surface area contributed by atoms with Crippen LogP contribution in [0.2, 0.25) is 0 Å². The number of nitrogens with zero attached hydrogens (tertiary/aromatic N) is 2. The molecule has 2 amide bonds. The molecule has 156 valence electrons. The average Bonchev–Trinajstić information content (AvgIpc) is 2.65. The van der Waals surface area contributed by atoms with Crippen LogP contribution in [0, 0.1) is 0 Å². The normalized spacial score (nSPS) is 16.4. The van der Waals surface area contributed by atoms with Gasteiger partial charge in [0.25, 0.3) is 5.91 Å². The number of alkyl halides is 3. The fourth-order valence-electron chi connectivity index (χ4n) is 3.14. The molecule has 1 aliphatic heterocycles. The van der Waals surface area contributed by atoms with Crippen molar-refractivity contribution in [3.63, 3.8) is 0 Å². The quantitative estimate of drug-likeness (QED) is 0.725. The summed E-state index contributed by atoms with van der Waals surface area (Å²) in [5.74, 6) is -1.02. The number of halogens is 3. The van der Waals surface area contributed by atoms with Gasteiger partial charge in [0.05, 0.1) is 17.9 Å². The Kier molecular flexibility index (Phi) is 7.39. The zero-order valence-corrected chi connectivity index (χ0v) is 15.9. The largest absolute Gasteiger partial charge is 0.418 e. The van der Waals surface area contributed by atoms with E-state index in [1.807, 2.05) is 13.8 Å². The summed E-state index contributed by atoms with van der Waals surface area (Å²) >= 11 is 0. The van der Waals surface area contributed by atoms with Crippen molar-refractivity contribution in [1.29, 1.82) is 0 Å². The lowest BCUT2D eigenvalue weighted by Gasteiger charge is -2.29. The summed E-state index contributed by atoms with van der Waals surface area (Å²) in [6.45, 7) is 4.97. The molecule has 0 aliphatic carbocycles. The maximum Gasteiger partial charge on any atom is 0.418 e. The molecule has 0 bridgehead atoms. The van der Waals surface area contributed by atoms with E-state index in [0.717, 1.165) is 12.1 Å². The Morgan fingerprint density at radius 2 is 2.04 bits per heavy atom. The maximum atomic E-state index is 13.6. The molecule has 1 aromatic carbocycles. The second-order valence-corrected chi connectivity index (χ2v) is 6.29. The van der Waals surface area contributed by atoms with Crippen LogP contribution >= 0.6 is 0 Å². The van der Waals surface area contributed by atoms with Gasteiger partial charge in [-0.3, -0.25) is 14.5 Å². The second kappa shape index (κ2) is 9.35. The third kappa shape index (κ3) is 5.00. The molecule has 7 nitrogen and oxygen atoms in total. The van der Waals surface area contributed by atoms with Gasteiger partial charge in [-0.25, -0.2) is 0 Å². The van der Waals surface area contributed by atoms with E-state index < -0.39 is 29.6 Å². The Hall–Kier alpha value is -2.17. The first kappa shape index (κ1) is 22.1. The Balaban J connectivity index is 2.33. The summed E-state index contributed by atoms with van der Waals surface area (Å²) in [6, 6.07) is 2.67. The molecule has 1 fully saturated rings. The molecule has 0 unspecified atom stereocenters. The number of nitrogens with one attached hydrogen (secondary N) is 1. The Labute approximate surface area is 161 Å². The number of benzene rings is 1. The Morgan fingerprint density at radius 1 is 1.36 bits per heavy atom. The molecule has 1 aliphatic rings. The zero-order valence-electron chi connectivity index (χ0n) is 15.9. The molecular formula is C18H25F3N4O3. The van der Waals surface area contributed by atoms with Gasteiger partial charge < -0.3 is 20.7 Å². The van der Waals surface area contributed by atoms with E-state index in [-0.39, 0.29) is 37.7 Å². The molecule has 0 radical (unpaired) electrons. The number of hydrogen-bond acceptors (Lipinski definition) is 5. The third-order valence-corrected chi connectivity index (χ3v) is 4.64. The molecule has 0 spiro atoms. The number of carbonyl (C=O) groups excluding carboxylic acids is 2. The van der Waals surface area contributed by atoms with Crippen molar-refractivity contribution in [2.45, 2.75) is 26.1 Å². The fraction of sp³-hybridized carbons (Fsp3) is 0.556. The van der Waals surface area contributed by atoms with Crippen molar-refractivity contribution in [3.8, 4) is 0 Å². The van der Waals surface area contributed by atoms with E-state index >= 15 is 0 Å². The highest BCUT2D eigenvalue weighted by Gasteiger charge is 2.36. The van der Waals surface area contributed by atoms with E-state index in [9.17, 15) is 22.8 Å². The highest BCUT2D eigenvalue weighted by atomic mass is 19.4. The van der Waals surface area contributed by atoms with Crippen LogP contribution in [0.25, 0.3) is 0 Å². The van der Waals surface area contributed by atoms with Crippen molar-refractivity contribution < 1.29 is 27.5 Å². The Morgan fingerprint density at radius 3 is 2.57 bits per heavy atom. The Bertz CT molecular complexity index is 708. The molecule has 1 atom stereocenters. The van der Waals surface area contributed by atoms with Gasteiger partial charge in [0.2, 0.25) is 5.91 Å². The molecule has 0 aromatic heterocycles. The van der Waals surface area contributed by atoms with Crippen LogP contribution in [-0.4, -0.2) is 62.1 Å². The van der Waals surface area contributed by atoms with Gasteiger partial charge in [0.1, 0.15) is 12.6 Å². The number of morpholine rings is 1. The smallest absolute Gasteiger partial charge is 0.370 e. The highest BCUT2D eigenvalue weighted by molar-refractivity contribution is 5.98. The number of amides is 2. The zero-order chi connectivity index (χ0) is 20.9. The summed E-state index contributed by atoms with van der Waals surface area (Å²) < 4.78 is 45.8. The fourth-order valence-corrected chi connectivity index (χ4v) is 3.14. The van der Waals surface area contributed by atoms with Gasteiger partial charge >= 0.3 is 6.18 Å². The monoisotopic (exact) mass is 402 g/mol. The first-order valence-corrected chi connectivity index (χ1v) is 9.07. The minimum absolute atomic E-state index is 0.0186. The molecule has 2 rings (SSSR count). The van der Waals surface area contributed by atoms with Gasteiger partial charge in [-0.05, 0) is 31.3 Å². The summed E-state index contributed by atoms with van der Waals surface area (Å²) in [5.41, 5.74) is 4.38. The second-order valence-electron chi connectivity index (χ2n) is 6.29. The molecule has 1 aromatic rings. The first-order valence-electron chi connectivity index (χ1n) is 9.07. The SMILES string of the molecule is CCN(CC)[C@H](CN)C(=O)Nc1ccc(N2CCOCC2=O)cc1C(F)(F)F. The van der Waals surface area contributed by atoms with Crippen molar-refractivity contribution in [3.05, 3.63) is 23.8 Å². The minimum atomic E-state index is -4.71. The van der Waals surface area contributed by atoms with E-state index in [0.29, 0.717) is 13.1 Å². The maximum absolute atomic E-state index is 13.6. The summed E-state index contributed by atoms with van der Waals surface area (Å²) in [5, 5.41) is 2.35. The molecule has 28 heavy (non-hydrogen) atoms. The summed E-state index contributed by atoms with van der Waals surface area (Å²) in [6.07, 6.45) is -4.71. The highest BCUT2D eigenvalue weighted by Crippen LogP contribution is 2.37. The number of anilines is 2.